The minimum atomic E-state index is -0.966. The molecule has 0 fully saturated rings. The highest BCUT2D eigenvalue weighted by atomic mass is 32.1. The van der Waals surface area contributed by atoms with Crippen LogP contribution in [0, 0.1) is 0 Å². The number of aromatic nitrogens is 1. The van der Waals surface area contributed by atoms with E-state index >= 15 is 0 Å². The third kappa shape index (κ3) is 1.58. The molecule has 0 aromatic carbocycles. The first-order valence-corrected chi connectivity index (χ1v) is 5.14. The zero-order valence-electron chi connectivity index (χ0n) is 7.45. The Balaban J connectivity index is 2.42. The molecule has 0 aliphatic carbocycles. The van der Waals surface area contributed by atoms with Crippen molar-refractivity contribution >= 4 is 17.3 Å². The maximum atomic E-state index is 11.4. The summed E-state index contributed by atoms with van der Waals surface area (Å²) in [6.45, 7) is 1.27. The number of fused-ring (bicyclic) bond motifs is 1. The highest BCUT2D eigenvalue weighted by Crippen LogP contribution is 2.16. The standard InChI is InChI=1S/C8H10N2O3S/c11-7(12)4-10-5-1-2-9-3-6(5)14-8(10)13/h9H,1-4H2,(H,11,12). The van der Waals surface area contributed by atoms with Gasteiger partial charge in [-0.05, 0) is 0 Å². The quantitative estimate of drug-likeness (QED) is 0.705. The van der Waals surface area contributed by atoms with E-state index in [2.05, 4.69) is 5.32 Å². The van der Waals surface area contributed by atoms with Crippen LogP contribution in [0.3, 0.4) is 0 Å². The van der Waals surface area contributed by atoms with E-state index in [9.17, 15) is 9.59 Å². The number of thiazole rings is 1. The van der Waals surface area contributed by atoms with Crippen LogP contribution < -0.4 is 10.2 Å². The fourth-order valence-corrected chi connectivity index (χ4v) is 2.60. The monoisotopic (exact) mass is 214 g/mol. The van der Waals surface area contributed by atoms with Gasteiger partial charge < -0.3 is 10.4 Å². The largest absolute Gasteiger partial charge is 0.480 e. The average molecular weight is 214 g/mol. The number of aliphatic carboxylic acids is 1. The van der Waals surface area contributed by atoms with E-state index in [4.69, 9.17) is 5.11 Å². The van der Waals surface area contributed by atoms with Gasteiger partial charge in [-0.2, -0.15) is 0 Å². The van der Waals surface area contributed by atoms with Gasteiger partial charge >= 0.3 is 10.8 Å². The van der Waals surface area contributed by atoms with Crippen molar-refractivity contribution in [2.45, 2.75) is 19.5 Å². The van der Waals surface area contributed by atoms with E-state index in [1.165, 1.54) is 4.57 Å². The lowest BCUT2D eigenvalue weighted by molar-refractivity contribution is -0.137. The molecule has 2 N–H and O–H groups in total. The van der Waals surface area contributed by atoms with E-state index in [0.717, 1.165) is 34.9 Å². The highest BCUT2D eigenvalue weighted by Gasteiger charge is 2.18. The molecule has 6 heteroatoms. The molecule has 0 amide bonds. The summed E-state index contributed by atoms with van der Waals surface area (Å²) in [4.78, 5) is 22.8. The van der Waals surface area contributed by atoms with Crippen molar-refractivity contribution in [1.29, 1.82) is 0 Å². The normalized spacial score (nSPS) is 15.1. The Morgan fingerprint density at radius 3 is 3.14 bits per heavy atom. The van der Waals surface area contributed by atoms with Crippen LogP contribution in [0.15, 0.2) is 4.79 Å². The fraction of sp³-hybridized carbons (Fsp3) is 0.500. The zero-order valence-corrected chi connectivity index (χ0v) is 8.26. The molecule has 14 heavy (non-hydrogen) atoms. The molecule has 0 radical (unpaired) electrons. The van der Waals surface area contributed by atoms with Crippen molar-refractivity contribution in [3.63, 3.8) is 0 Å². The molecule has 0 spiro atoms. The molecule has 1 aliphatic rings. The number of nitrogens with zero attached hydrogens (tertiary/aromatic N) is 1. The molecule has 2 heterocycles. The van der Waals surface area contributed by atoms with Gasteiger partial charge in [-0.15, -0.1) is 0 Å². The highest BCUT2D eigenvalue weighted by molar-refractivity contribution is 7.09. The van der Waals surface area contributed by atoms with E-state index in [-0.39, 0.29) is 11.4 Å². The first kappa shape index (κ1) is 9.42. The minimum Gasteiger partial charge on any atom is -0.480 e. The van der Waals surface area contributed by atoms with Crippen molar-refractivity contribution in [3.05, 3.63) is 20.2 Å². The van der Waals surface area contributed by atoms with Crippen LogP contribution in [-0.4, -0.2) is 22.2 Å². The number of rotatable bonds is 2. The lowest BCUT2D eigenvalue weighted by Crippen LogP contribution is -2.27. The Morgan fingerprint density at radius 2 is 2.43 bits per heavy atom. The summed E-state index contributed by atoms with van der Waals surface area (Å²) in [6, 6.07) is 0. The molecule has 0 bridgehead atoms. The van der Waals surface area contributed by atoms with E-state index in [1.54, 1.807) is 0 Å². The van der Waals surface area contributed by atoms with Gasteiger partial charge in [0.15, 0.2) is 0 Å². The predicted molar refractivity (Wildman–Crippen MR) is 51.6 cm³/mol. The topological polar surface area (TPSA) is 71.3 Å². The SMILES string of the molecule is O=C(O)Cn1c2c(sc1=O)CNCC2. The van der Waals surface area contributed by atoms with Crippen LogP contribution in [0.4, 0.5) is 0 Å². The first-order valence-electron chi connectivity index (χ1n) is 4.32. The molecule has 76 valence electrons. The van der Waals surface area contributed by atoms with Crippen LogP contribution in [-0.2, 0) is 24.3 Å². The van der Waals surface area contributed by atoms with Crippen molar-refractivity contribution < 1.29 is 9.90 Å². The van der Waals surface area contributed by atoms with Gasteiger partial charge in [-0.3, -0.25) is 14.2 Å². The molecule has 0 saturated heterocycles. The molecule has 1 aromatic heterocycles. The van der Waals surface area contributed by atoms with Crippen molar-refractivity contribution in [1.82, 2.24) is 9.88 Å². The van der Waals surface area contributed by atoms with E-state index in [1.807, 2.05) is 0 Å². The number of carboxylic acids is 1. The Hall–Kier alpha value is -1.14. The maximum absolute atomic E-state index is 11.4. The van der Waals surface area contributed by atoms with Crippen LogP contribution in [0.5, 0.6) is 0 Å². The van der Waals surface area contributed by atoms with Crippen molar-refractivity contribution in [2.75, 3.05) is 6.54 Å². The number of carboxylic acid groups (broad SMARTS) is 1. The lowest BCUT2D eigenvalue weighted by Gasteiger charge is -2.13. The number of hydrogen-bond acceptors (Lipinski definition) is 4. The van der Waals surface area contributed by atoms with Gasteiger partial charge in [0.1, 0.15) is 6.54 Å². The summed E-state index contributed by atoms with van der Waals surface area (Å²) in [6.07, 6.45) is 0.737. The third-order valence-corrected chi connectivity index (χ3v) is 3.22. The summed E-state index contributed by atoms with van der Waals surface area (Å²) in [5, 5.41) is 11.8. The molecular formula is C8H10N2O3S. The van der Waals surface area contributed by atoms with E-state index in [0.29, 0.717) is 6.54 Å². The maximum Gasteiger partial charge on any atom is 0.323 e. The van der Waals surface area contributed by atoms with Gasteiger partial charge in [-0.25, -0.2) is 0 Å². The molecule has 1 aromatic rings. The van der Waals surface area contributed by atoms with Crippen molar-refractivity contribution in [3.8, 4) is 0 Å². The molecule has 5 nitrogen and oxygen atoms in total. The Bertz CT molecular complexity index is 421. The zero-order chi connectivity index (χ0) is 10.1. The van der Waals surface area contributed by atoms with E-state index < -0.39 is 5.97 Å². The number of nitrogens with one attached hydrogen (secondary N) is 1. The van der Waals surface area contributed by atoms with Gasteiger partial charge in [0.25, 0.3) is 0 Å². The lowest BCUT2D eigenvalue weighted by atomic mass is 10.2. The van der Waals surface area contributed by atoms with Crippen LogP contribution in [0.1, 0.15) is 10.6 Å². The third-order valence-electron chi connectivity index (χ3n) is 2.20. The minimum absolute atomic E-state index is 0.166. The molecule has 0 atom stereocenters. The second-order valence-corrected chi connectivity index (χ2v) is 4.19. The Labute approximate surface area is 84.0 Å². The molecule has 1 aliphatic heterocycles. The summed E-state index contributed by atoms with van der Waals surface area (Å²) in [7, 11) is 0. The predicted octanol–water partition coefficient (Wildman–Crippen LogP) is -0.360. The second kappa shape index (κ2) is 3.55. The molecule has 0 saturated carbocycles. The number of hydrogen-bond donors (Lipinski definition) is 2. The average Bonchev–Trinajstić information content (AvgIpc) is 2.43. The van der Waals surface area contributed by atoms with Gasteiger partial charge in [-0.1, -0.05) is 11.3 Å². The number of carbonyl (C=O) groups is 1. The molecular weight excluding hydrogens is 204 g/mol. The van der Waals surface area contributed by atoms with Crippen LogP contribution >= 0.6 is 11.3 Å². The van der Waals surface area contributed by atoms with Gasteiger partial charge in [0.05, 0.1) is 0 Å². The smallest absolute Gasteiger partial charge is 0.323 e. The first-order chi connectivity index (χ1) is 6.68. The molecule has 2 rings (SSSR count). The van der Waals surface area contributed by atoms with Crippen molar-refractivity contribution in [2.24, 2.45) is 0 Å². The van der Waals surface area contributed by atoms with Crippen LogP contribution in [0.25, 0.3) is 0 Å². The summed E-state index contributed by atoms with van der Waals surface area (Å²) >= 11 is 1.14. The summed E-state index contributed by atoms with van der Waals surface area (Å²) in [5.74, 6) is -0.966. The second-order valence-electron chi connectivity index (χ2n) is 3.14. The van der Waals surface area contributed by atoms with Gasteiger partial charge in [0.2, 0.25) is 0 Å². The Kier molecular flexibility index (Phi) is 2.39. The molecule has 0 unspecified atom stereocenters. The Morgan fingerprint density at radius 1 is 1.64 bits per heavy atom. The summed E-state index contributed by atoms with van der Waals surface area (Å²) in [5.41, 5.74) is 0.890. The van der Waals surface area contributed by atoms with Crippen LogP contribution in [0.2, 0.25) is 0 Å². The summed E-state index contributed by atoms with van der Waals surface area (Å²) < 4.78 is 1.36. The fourth-order valence-electron chi connectivity index (χ4n) is 1.60. The van der Waals surface area contributed by atoms with Gasteiger partial charge in [0, 0.05) is 30.1 Å².